The molecule has 0 radical (unpaired) electrons. The normalized spacial score (nSPS) is 11.8. The van der Waals surface area contributed by atoms with Gasteiger partial charge >= 0.3 is 29.0 Å². The maximum atomic E-state index is 9.65. The Morgan fingerprint density at radius 3 is 2.25 bits per heavy atom. The summed E-state index contributed by atoms with van der Waals surface area (Å²) in [4.78, 5) is 9.65. The minimum atomic E-state index is -1.18. The van der Waals surface area contributed by atoms with E-state index in [1.807, 2.05) is 0 Å². The average molecular weight is 131 g/mol. The van der Waals surface area contributed by atoms with E-state index < -0.39 is 18.6 Å². The molecule has 0 aliphatic rings. The minimum Gasteiger partial charge on any atom is -1.00 e. The van der Waals surface area contributed by atoms with Crippen LogP contribution in [0.4, 0.5) is 0 Å². The van der Waals surface area contributed by atoms with E-state index in [0.29, 0.717) is 0 Å². The van der Waals surface area contributed by atoms with Gasteiger partial charge in [-0.25, -0.2) is 0 Å². The van der Waals surface area contributed by atoms with Gasteiger partial charge < -0.3 is 18.8 Å². The van der Waals surface area contributed by atoms with Crippen LogP contribution in [-0.4, -0.2) is 51.9 Å². The van der Waals surface area contributed by atoms with E-state index in [2.05, 4.69) is 0 Å². The van der Waals surface area contributed by atoms with E-state index in [9.17, 15) is 4.79 Å². The molecule has 0 aromatic rings. The molecule has 4 N–H and O–H groups in total. The first kappa shape index (κ1) is 11.0. The van der Waals surface area contributed by atoms with Gasteiger partial charge in [0.2, 0.25) is 0 Å². The summed E-state index contributed by atoms with van der Waals surface area (Å²) in [6, 6.07) is -1.13. The van der Waals surface area contributed by atoms with Crippen LogP contribution in [-0.2, 0) is 4.79 Å². The zero-order chi connectivity index (χ0) is 5.86. The molecule has 0 bridgehead atoms. The Morgan fingerprint density at radius 1 is 1.88 bits per heavy atom. The molecule has 5 heteroatoms. The fourth-order valence-electron chi connectivity index (χ4n) is 0.0781. The van der Waals surface area contributed by atoms with Gasteiger partial charge in [-0.1, -0.05) is 0 Å². The van der Waals surface area contributed by atoms with Gasteiger partial charge in [0, 0.05) is 0 Å². The number of rotatable bonds is 2. The summed E-state index contributed by atoms with van der Waals surface area (Å²) in [5.74, 6) is -1.18. The molecule has 0 amide bonds. The molecule has 0 aliphatic heterocycles. The molecule has 8 heavy (non-hydrogen) atoms. The Hall–Kier alpha value is 0.156. The molecule has 0 saturated heterocycles. The second kappa shape index (κ2) is 5.30. The molecule has 46 valence electrons. The molecular formula is C3H9MgNO3. The second-order valence-electron chi connectivity index (χ2n) is 1.13. The smallest absolute Gasteiger partial charge is 1.00 e. The number of carboxylic acids is 1. The van der Waals surface area contributed by atoms with Crippen LogP contribution in [0.15, 0.2) is 0 Å². The number of aliphatic hydroxyl groups excluding tert-OH is 1. The van der Waals surface area contributed by atoms with E-state index in [0.717, 1.165) is 0 Å². The topological polar surface area (TPSA) is 83.5 Å². The number of nitrogens with two attached hydrogens (primary N) is 1. The van der Waals surface area contributed by atoms with Crippen molar-refractivity contribution in [3.63, 3.8) is 0 Å². The number of aliphatic hydroxyl groups is 1. The fourth-order valence-corrected chi connectivity index (χ4v) is 0.0781. The van der Waals surface area contributed by atoms with Gasteiger partial charge in [0.25, 0.3) is 0 Å². The quantitative estimate of drug-likeness (QED) is 0.388. The van der Waals surface area contributed by atoms with Crippen molar-refractivity contribution in [3.05, 3.63) is 0 Å². The maximum absolute atomic E-state index is 9.65. The van der Waals surface area contributed by atoms with Crippen molar-refractivity contribution in [3.8, 4) is 0 Å². The van der Waals surface area contributed by atoms with E-state index in [1.54, 1.807) is 0 Å². The summed E-state index contributed by atoms with van der Waals surface area (Å²) in [5, 5.41) is 15.9. The van der Waals surface area contributed by atoms with Crippen molar-refractivity contribution >= 4 is 29.0 Å². The third-order valence-electron chi connectivity index (χ3n) is 0.514. The van der Waals surface area contributed by atoms with Crippen molar-refractivity contribution < 1.29 is 17.9 Å². The molecule has 0 fully saturated rings. The maximum Gasteiger partial charge on any atom is 2.00 e. The molecule has 0 saturated carbocycles. The number of aliphatic carboxylic acids is 1. The van der Waals surface area contributed by atoms with E-state index in [-0.39, 0.29) is 25.9 Å². The Morgan fingerprint density at radius 2 is 2.25 bits per heavy atom. The number of hydrogen-bond donors (Lipinski definition) is 3. The van der Waals surface area contributed by atoms with E-state index in [1.165, 1.54) is 0 Å². The van der Waals surface area contributed by atoms with Crippen LogP contribution in [0.3, 0.4) is 0 Å². The predicted octanol–water partition coefficient (Wildman–Crippen LogP) is -1.77. The van der Waals surface area contributed by atoms with Gasteiger partial charge in [0.05, 0.1) is 6.61 Å². The van der Waals surface area contributed by atoms with Gasteiger partial charge in [0.1, 0.15) is 6.04 Å². The van der Waals surface area contributed by atoms with Gasteiger partial charge in [-0.2, -0.15) is 0 Å². The third-order valence-corrected chi connectivity index (χ3v) is 0.514. The Labute approximate surface area is 65.8 Å². The molecule has 0 spiro atoms. The SMILES string of the molecule is N[C@@H](CO)C(=O)O.[H-].[H-].[Mg+2]. The zero-order valence-corrected chi connectivity index (χ0v) is 5.79. The molecule has 0 aliphatic carbocycles. The van der Waals surface area contributed by atoms with Crippen molar-refractivity contribution in [2.24, 2.45) is 5.73 Å². The molecule has 0 unspecified atom stereocenters. The number of carboxylic acid groups (broad SMARTS) is 1. The van der Waals surface area contributed by atoms with Crippen molar-refractivity contribution in [1.29, 1.82) is 0 Å². The van der Waals surface area contributed by atoms with Crippen LogP contribution < -0.4 is 5.73 Å². The first-order chi connectivity index (χ1) is 3.18. The predicted molar refractivity (Wildman–Crippen MR) is 30.7 cm³/mol. The fraction of sp³-hybridized carbons (Fsp3) is 0.667. The monoisotopic (exact) mass is 131 g/mol. The summed E-state index contributed by atoms with van der Waals surface area (Å²) in [6.07, 6.45) is 0. The van der Waals surface area contributed by atoms with Crippen LogP contribution in [0.5, 0.6) is 0 Å². The molecule has 0 aromatic heterocycles. The number of hydrogen-bond acceptors (Lipinski definition) is 3. The molecule has 4 nitrogen and oxygen atoms in total. The third kappa shape index (κ3) is 4.32. The molecular weight excluding hydrogens is 122 g/mol. The summed E-state index contributed by atoms with van der Waals surface area (Å²) < 4.78 is 0. The van der Waals surface area contributed by atoms with E-state index >= 15 is 0 Å². The Kier molecular flexibility index (Phi) is 7.30. The largest absolute Gasteiger partial charge is 2.00 e. The first-order valence-corrected chi connectivity index (χ1v) is 1.77. The summed E-state index contributed by atoms with van der Waals surface area (Å²) in [7, 11) is 0. The zero-order valence-electron chi connectivity index (χ0n) is 6.37. The summed E-state index contributed by atoms with van der Waals surface area (Å²) in [6.45, 7) is -0.505. The Balaban J connectivity index is -0.0000000600. The van der Waals surface area contributed by atoms with Crippen LogP contribution in [0.25, 0.3) is 0 Å². The average Bonchev–Trinajstić information content (AvgIpc) is 1.65. The van der Waals surface area contributed by atoms with Gasteiger partial charge in [-0.15, -0.1) is 0 Å². The minimum absolute atomic E-state index is 0. The summed E-state index contributed by atoms with van der Waals surface area (Å²) >= 11 is 0. The first-order valence-electron chi connectivity index (χ1n) is 1.77. The van der Waals surface area contributed by atoms with Gasteiger partial charge in [0.15, 0.2) is 0 Å². The van der Waals surface area contributed by atoms with Crippen LogP contribution >= 0.6 is 0 Å². The molecule has 0 rings (SSSR count). The molecule has 1 atom stereocenters. The Bertz CT molecular complexity index is 84.1. The van der Waals surface area contributed by atoms with Gasteiger partial charge in [-0.05, 0) is 0 Å². The van der Waals surface area contributed by atoms with Crippen molar-refractivity contribution in [2.75, 3.05) is 6.61 Å². The van der Waals surface area contributed by atoms with Crippen LogP contribution in [0.1, 0.15) is 2.85 Å². The van der Waals surface area contributed by atoms with Crippen LogP contribution in [0, 0.1) is 0 Å². The van der Waals surface area contributed by atoms with E-state index in [4.69, 9.17) is 15.9 Å². The van der Waals surface area contributed by atoms with Crippen LogP contribution in [0.2, 0.25) is 0 Å². The van der Waals surface area contributed by atoms with Crippen molar-refractivity contribution in [1.82, 2.24) is 0 Å². The molecule has 0 heterocycles. The number of carbonyl (C=O) groups is 1. The van der Waals surface area contributed by atoms with Crippen molar-refractivity contribution in [2.45, 2.75) is 6.04 Å². The standard InChI is InChI=1S/C3H7NO3.Mg.2H/c4-2(1-5)3(6)7;;;/h2,5H,1,4H2,(H,6,7);;;/q;+2;2*-1/t2-;;;/m0.../s1. The van der Waals surface area contributed by atoms with Gasteiger partial charge in [-0.3, -0.25) is 4.79 Å². The molecule has 0 aromatic carbocycles. The second-order valence-corrected chi connectivity index (χ2v) is 1.13. The summed E-state index contributed by atoms with van der Waals surface area (Å²) in [5.41, 5.74) is 4.77.